The quantitative estimate of drug-likeness (QED) is 0.178. The molecule has 0 saturated carbocycles. The van der Waals surface area contributed by atoms with Crippen LogP contribution in [-0.2, 0) is 30.4 Å². The molecular weight excluding hydrogens is 502 g/mol. The number of carboxylic acids is 1. The van der Waals surface area contributed by atoms with Crippen LogP contribution in [-0.4, -0.2) is 87.4 Å². The van der Waals surface area contributed by atoms with Crippen molar-refractivity contribution in [1.82, 2.24) is 15.5 Å². The molecule has 8 N–H and O–H groups in total. The van der Waals surface area contributed by atoms with E-state index >= 15 is 0 Å². The van der Waals surface area contributed by atoms with Crippen LogP contribution >= 0.6 is 11.8 Å². The van der Waals surface area contributed by atoms with Crippen LogP contribution in [0.2, 0.25) is 0 Å². The van der Waals surface area contributed by atoms with E-state index in [4.69, 9.17) is 11.5 Å². The molecule has 0 spiro atoms. The molecule has 1 aliphatic heterocycles. The number of hydrogen-bond donors (Lipinski definition) is 6. The van der Waals surface area contributed by atoms with Crippen LogP contribution in [0, 0.1) is 0 Å². The first-order valence-corrected chi connectivity index (χ1v) is 13.4. The number of phenolic OH excluding ortho intramolecular Hbond substituents is 1. The van der Waals surface area contributed by atoms with Gasteiger partial charge in [-0.15, -0.1) is 0 Å². The van der Waals surface area contributed by atoms with E-state index in [0.29, 0.717) is 30.6 Å². The van der Waals surface area contributed by atoms with Gasteiger partial charge in [0.25, 0.3) is 0 Å². The summed E-state index contributed by atoms with van der Waals surface area (Å²) in [4.78, 5) is 63.2. The van der Waals surface area contributed by atoms with Gasteiger partial charge in [-0.3, -0.25) is 19.2 Å². The summed E-state index contributed by atoms with van der Waals surface area (Å²) in [7, 11) is 0. The van der Waals surface area contributed by atoms with Crippen molar-refractivity contribution in [2.45, 2.75) is 62.7 Å². The van der Waals surface area contributed by atoms with Crippen LogP contribution in [0.5, 0.6) is 5.75 Å². The normalized spacial score (nSPS) is 17.5. The van der Waals surface area contributed by atoms with Gasteiger partial charge in [-0.05, 0) is 55.4 Å². The molecule has 0 radical (unpaired) electrons. The first-order valence-electron chi connectivity index (χ1n) is 12.0. The average molecular weight is 538 g/mol. The Kier molecular flexibility index (Phi) is 11.7. The van der Waals surface area contributed by atoms with E-state index in [1.807, 2.05) is 6.26 Å². The van der Waals surface area contributed by atoms with E-state index in [0.717, 1.165) is 0 Å². The SMILES string of the molecule is CSCCC(N)C(=O)NC(Cc1ccc(O)cc1)C(=O)N1CCCC1C(=O)NC(CCC(N)=O)C(=O)O. The lowest BCUT2D eigenvalue weighted by Crippen LogP contribution is -2.57. The fourth-order valence-electron chi connectivity index (χ4n) is 4.04. The van der Waals surface area contributed by atoms with Gasteiger partial charge in [0.15, 0.2) is 0 Å². The van der Waals surface area contributed by atoms with E-state index < -0.39 is 53.8 Å². The van der Waals surface area contributed by atoms with Crippen molar-refractivity contribution in [3.05, 3.63) is 29.8 Å². The number of aromatic hydroxyl groups is 1. The first kappa shape index (κ1) is 29.9. The lowest BCUT2D eigenvalue weighted by atomic mass is 10.0. The van der Waals surface area contributed by atoms with Gasteiger partial charge in [-0.1, -0.05) is 12.1 Å². The Hall–Kier alpha value is -3.32. The maximum Gasteiger partial charge on any atom is 0.326 e. The van der Waals surface area contributed by atoms with Gasteiger partial charge >= 0.3 is 5.97 Å². The van der Waals surface area contributed by atoms with Crippen molar-refractivity contribution in [3.8, 4) is 5.75 Å². The van der Waals surface area contributed by atoms with Crippen molar-refractivity contribution < 1.29 is 34.2 Å². The number of thioether (sulfide) groups is 1. The molecule has 4 atom stereocenters. The number of likely N-dealkylation sites (tertiary alicyclic amines) is 1. The van der Waals surface area contributed by atoms with Crippen LogP contribution in [0.15, 0.2) is 24.3 Å². The molecule has 1 fully saturated rings. The molecule has 1 aromatic rings. The van der Waals surface area contributed by atoms with E-state index in [2.05, 4.69) is 10.6 Å². The number of carboxylic acid groups (broad SMARTS) is 1. The number of carbonyl (C=O) groups excluding carboxylic acids is 4. The second-order valence-corrected chi connectivity index (χ2v) is 9.90. The standard InChI is InChI=1S/C24H35N5O7S/c1-37-12-10-16(25)21(32)28-18(13-14-4-6-15(30)7-5-14)23(34)29-11-2-3-19(29)22(33)27-17(24(35)36)8-9-20(26)31/h4-7,16-19,30H,2-3,8-13,25H2,1H3,(H2,26,31)(H,27,33)(H,28,32)(H,35,36). The number of aliphatic carboxylic acids is 1. The molecule has 204 valence electrons. The smallest absolute Gasteiger partial charge is 0.326 e. The number of nitrogens with zero attached hydrogens (tertiary/aromatic N) is 1. The number of hydrogen-bond acceptors (Lipinski definition) is 8. The Morgan fingerprint density at radius 3 is 2.38 bits per heavy atom. The molecule has 1 aliphatic rings. The fourth-order valence-corrected chi connectivity index (χ4v) is 4.53. The van der Waals surface area contributed by atoms with Gasteiger partial charge in [-0.2, -0.15) is 11.8 Å². The second-order valence-electron chi connectivity index (χ2n) is 8.91. The van der Waals surface area contributed by atoms with Gasteiger partial charge < -0.3 is 37.2 Å². The Bertz CT molecular complexity index is 975. The van der Waals surface area contributed by atoms with Crippen molar-refractivity contribution in [2.24, 2.45) is 11.5 Å². The van der Waals surface area contributed by atoms with Crippen molar-refractivity contribution in [1.29, 1.82) is 0 Å². The third-order valence-corrected chi connectivity index (χ3v) is 6.74. The maximum absolute atomic E-state index is 13.6. The number of rotatable bonds is 14. The Balaban J connectivity index is 2.20. The molecule has 2 rings (SSSR count). The summed E-state index contributed by atoms with van der Waals surface area (Å²) in [5.74, 6) is -2.95. The average Bonchev–Trinajstić information content (AvgIpc) is 3.35. The van der Waals surface area contributed by atoms with Gasteiger partial charge in [0.05, 0.1) is 6.04 Å². The zero-order valence-corrected chi connectivity index (χ0v) is 21.5. The summed E-state index contributed by atoms with van der Waals surface area (Å²) in [6, 6.07) is 2.06. The number of benzene rings is 1. The summed E-state index contributed by atoms with van der Waals surface area (Å²) >= 11 is 1.54. The Labute approximate surface area is 219 Å². The summed E-state index contributed by atoms with van der Waals surface area (Å²) in [5.41, 5.74) is 11.8. The Morgan fingerprint density at radius 1 is 1.11 bits per heavy atom. The molecule has 1 heterocycles. The number of primary amides is 1. The number of nitrogens with one attached hydrogen (secondary N) is 2. The van der Waals surface area contributed by atoms with E-state index in [1.54, 1.807) is 23.9 Å². The van der Waals surface area contributed by atoms with Gasteiger partial charge in [-0.25, -0.2) is 4.79 Å². The number of amides is 4. The predicted octanol–water partition coefficient (Wildman–Crippen LogP) is -0.674. The molecule has 4 unspecified atom stereocenters. The minimum absolute atomic E-state index is 0.0512. The Morgan fingerprint density at radius 2 is 1.78 bits per heavy atom. The predicted molar refractivity (Wildman–Crippen MR) is 137 cm³/mol. The molecular formula is C24H35N5O7S. The zero-order chi connectivity index (χ0) is 27.5. The first-order chi connectivity index (χ1) is 17.5. The minimum Gasteiger partial charge on any atom is -0.508 e. The molecule has 12 nitrogen and oxygen atoms in total. The van der Waals surface area contributed by atoms with Crippen LogP contribution in [0.4, 0.5) is 0 Å². The maximum atomic E-state index is 13.6. The van der Waals surface area contributed by atoms with Crippen molar-refractivity contribution in [2.75, 3.05) is 18.6 Å². The highest BCUT2D eigenvalue weighted by Crippen LogP contribution is 2.21. The van der Waals surface area contributed by atoms with E-state index in [-0.39, 0.29) is 31.6 Å². The summed E-state index contributed by atoms with van der Waals surface area (Å²) in [5, 5.41) is 24.1. The molecule has 37 heavy (non-hydrogen) atoms. The number of carbonyl (C=O) groups is 5. The number of nitrogens with two attached hydrogens (primary N) is 2. The minimum atomic E-state index is -1.33. The van der Waals surface area contributed by atoms with E-state index in [1.165, 1.54) is 17.0 Å². The molecule has 13 heteroatoms. The molecule has 0 bridgehead atoms. The zero-order valence-electron chi connectivity index (χ0n) is 20.7. The van der Waals surface area contributed by atoms with Gasteiger partial charge in [0.1, 0.15) is 23.9 Å². The van der Waals surface area contributed by atoms with Crippen LogP contribution in [0.25, 0.3) is 0 Å². The lowest BCUT2D eigenvalue weighted by Gasteiger charge is -2.30. The van der Waals surface area contributed by atoms with Gasteiger partial charge in [0.2, 0.25) is 23.6 Å². The third-order valence-electron chi connectivity index (χ3n) is 6.09. The molecule has 0 aromatic heterocycles. The summed E-state index contributed by atoms with van der Waals surface area (Å²) < 4.78 is 0. The second kappa shape index (κ2) is 14.4. The molecule has 1 saturated heterocycles. The van der Waals surface area contributed by atoms with Crippen molar-refractivity contribution >= 4 is 41.4 Å². The monoisotopic (exact) mass is 537 g/mol. The van der Waals surface area contributed by atoms with Crippen LogP contribution in [0.1, 0.15) is 37.7 Å². The van der Waals surface area contributed by atoms with Gasteiger partial charge in [0, 0.05) is 19.4 Å². The molecule has 0 aliphatic carbocycles. The fraction of sp³-hybridized carbons (Fsp3) is 0.542. The molecule has 1 aromatic carbocycles. The molecule has 4 amide bonds. The highest BCUT2D eigenvalue weighted by atomic mass is 32.2. The highest BCUT2D eigenvalue weighted by molar-refractivity contribution is 7.98. The van der Waals surface area contributed by atoms with Crippen LogP contribution in [0.3, 0.4) is 0 Å². The number of phenols is 1. The highest BCUT2D eigenvalue weighted by Gasteiger charge is 2.39. The topological polar surface area (TPSA) is 205 Å². The van der Waals surface area contributed by atoms with Crippen molar-refractivity contribution in [3.63, 3.8) is 0 Å². The lowest BCUT2D eigenvalue weighted by molar-refractivity contribution is -0.145. The largest absolute Gasteiger partial charge is 0.508 e. The summed E-state index contributed by atoms with van der Waals surface area (Å²) in [6.07, 6.45) is 2.84. The van der Waals surface area contributed by atoms with Crippen LogP contribution < -0.4 is 22.1 Å². The third kappa shape index (κ3) is 9.25. The van der Waals surface area contributed by atoms with E-state index in [9.17, 15) is 34.2 Å². The summed E-state index contributed by atoms with van der Waals surface area (Å²) in [6.45, 7) is 0.246.